The number of hydrogen-bond donors (Lipinski definition) is 2. The predicted molar refractivity (Wildman–Crippen MR) is 73.2 cm³/mol. The number of aromatic nitrogens is 2. The van der Waals surface area contributed by atoms with Gasteiger partial charge in [0.25, 0.3) is 5.56 Å². The van der Waals surface area contributed by atoms with E-state index in [1.54, 1.807) is 13.2 Å². The van der Waals surface area contributed by atoms with Crippen LogP contribution in [0.5, 0.6) is 0 Å². The molecule has 1 unspecified atom stereocenters. The van der Waals surface area contributed by atoms with Gasteiger partial charge in [0.2, 0.25) is 0 Å². The molecule has 100 valence electrons. The quantitative estimate of drug-likeness (QED) is 0.864. The van der Waals surface area contributed by atoms with Gasteiger partial charge in [-0.05, 0) is 38.3 Å². The average Bonchev–Trinajstić information content (AvgIpc) is 2.40. The highest BCUT2D eigenvalue weighted by Crippen LogP contribution is 2.17. The molecule has 2 N–H and O–H groups in total. The fourth-order valence-corrected chi connectivity index (χ4v) is 2.45. The third-order valence-electron chi connectivity index (χ3n) is 3.35. The Morgan fingerprint density at radius 2 is 2.50 bits per heavy atom. The van der Waals surface area contributed by atoms with Crippen molar-refractivity contribution in [3.8, 4) is 0 Å². The first-order valence-corrected chi connectivity index (χ1v) is 6.72. The lowest BCUT2D eigenvalue weighted by atomic mass is 9.96. The van der Waals surface area contributed by atoms with Gasteiger partial charge < -0.3 is 10.6 Å². The van der Waals surface area contributed by atoms with Crippen molar-refractivity contribution < 1.29 is 0 Å². The standard InChI is InChI=1S/C12H19ClN4O/c1-17-12(18)11(13)10(8-16-17)15-6-4-9-3-2-5-14-7-9/h8-9,14-15H,2-7H2,1H3. The van der Waals surface area contributed by atoms with Gasteiger partial charge in [0.15, 0.2) is 0 Å². The first-order valence-electron chi connectivity index (χ1n) is 6.35. The number of rotatable bonds is 4. The molecule has 5 nitrogen and oxygen atoms in total. The van der Waals surface area contributed by atoms with Crippen LogP contribution in [0.1, 0.15) is 19.3 Å². The van der Waals surface area contributed by atoms with Gasteiger partial charge in [-0.25, -0.2) is 4.68 Å². The lowest BCUT2D eigenvalue weighted by Crippen LogP contribution is -2.31. The molecule has 1 aliphatic heterocycles. The molecule has 0 radical (unpaired) electrons. The molecular formula is C12H19ClN4O. The van der Waals surface area contributed by atoms with E-state index in [-0.39, 0.29) is 10.6 Å². The second-order valence-electron chi connectivity index (χ2n) is 4.73. The zero-order valence-electron chi connectivity index (χ0n) is 10.6. The van der Waals surface area contributed by atoms with E-state index in [1.807, 2.05) is 0 Å². The zero-order chi connectivity index (χ0) is 13.0. The van der Waals surface area contributed by atoms with Gasteiger partial charge in [0.05, 0.1) is 11.9 Å². The molecule has 1 aromatic rings. The Morgan fingerprint density at radius 1 is 1.67 bits per heavy atom. The summed E-state index contributed by atoms with van der Waals surface area (Å²) < 4.78 is 1.23. The molecule has 18 heavy (non-hydrogen) atoms. The first-order chi connectivity index (χ1) is 8.68. The highest BCUT2D eigenvalue weighted by atomic mass is 35.5. The normalized spacial score (nSPS) is 19.8. The summed E-state index contributed by atoms with van der Waals surface area (Å²) >= 11 is 5.97. The smallest absolute Gasteiger partial charge is 0.287 e. The lowest BCUT2D eigenvalue weighted by Gasteiger charge is -2.22. The minimum Gasteiger partial charge on any atom is -0.382 e. The molecular weight excluding hydrogens is 252 g/mol. The fraction of sp³-hybridized carbons (Fsp3) is 0.667. The number of aryl methyl sites for hydroxylation is 1. The van der Waals surface area contributed by atoms with Gasteiger partial charge in [0, 0.05) is 13.6 Å². The second-order valence-corrected chi connectivity index (χ2v) is 5.11. The largest absolute Gasteiger partial charge is 0.382 e. The van der Waals surface area contributed by atoms with E-state index in [0.717, 1.165) is 26.1 Å². The van der Waals surface area contributed by atoms with Crippen LogP contribution in [0.25, 0.3) is 0 Å². The zero-order valence-corrected chi connectivity index (χ0v) is 11.3. The average molecular weight is 271 g/mol. The third-order valence-corrected chi connectivity index (χ3v) is 3.71. The van der Waals surface area contributed by atoms with E-state index in [0.29, 0.717) is 11.6 Å². The van der Waals surface area contributed by atoms with Crippen LogP contribution in [0, 0.1) is 5.92 Å². The number of halogens is 1. The summed E-state index contributed by atoms with van der Waals surface area (Å²) in [6, 6.07) is 0. The molecule has 0 bridgehead atoms. The maximum absolute atomic E-state index is 11.6. The van der Waals surface area contributed by atoms with Crippen LogP contribution >= 0.6 is 11.6 Å². The highest BCUT2D eigenvalue weighted by Gasteiger charge is 2.13. The SMILES string of the molecule is Cn1ncc(NCCC2CCCNC2)c(Cl)c1=O. The van der Waals surface area contributed by atoms with E-state index in [2.05, 4.69) is 15.7 Å². The van der Waals surface area contributed by atoms with E-state index >= 15 is 0 Å². The Balaban J connectivity index is 1.86. The summed E-state index contributed by atoms with van der Waals surface area (Å²) in [4.78, 5) is 11.6. The predicted octanol–water partition coefficient (Wildman–Crippen LogP) is 1.24. The van der Waals surface area contributed by atoms with Crippen molar-refractivity contribution in [2.45, 2.75) is 19.3 Å². The van der Waals surface area contributed by atoms with Gasteiger partial charge in [-0.1, -0.05) is 11.6 Å². The Morgan fingerprint density at radius 3 is 3.22 bits per heavy atom. The molecule has 2 rings (SSSR count). The minimum atomic E-state index is -0.263. The summed E-state index contributed by atoms with van der Waals surface area (Å²) in [5, 5.41) is 10.8. The number of anilines is 1. The number of nitrogens with zero attached hydrogens (tertiary/aromatic N) is 2. The summed E-state index contributed by atoms with van der Waals surface area (Å²) in [7, 11) is 1.59. The molecule has 0 aromatic carbocycles. The minimum absolute atomic E-state index is 0.217. The Labute approximate surface area is 112 Å². The summed E-state index contributed by atoms with van der Waals surface area (Å²) in [5.74, 6) is 0.713. The molecule has 0 saturated carbocycles. The van der Waals surface area contributed by atoms with Gasteiger partial charge in [-0.2, -0.15) is 5.10 Å². The van der Waals surface area contributed by atoms with E-state index in [1.165, 1.54) is 17.5 Å². The molecule has 1 fully saturated rings. The molecule has 2 heterocycles. The van der Waals surface area contributed by atoms with E-state index < -0.39 is 0 Å². The first kappa shape index (κ1) is 13.4. The maximum atomic E-state index is 11.6. The number of hydrogen-bond acceptors (Lipinski definition) is 4. The van der Waals surface area contributed by atoms with Crippen molar-refractivity contribution in [2.24, 2.45) is 13.0 Å². The van der Waals surface area contributed by atoms with Crippen molar-refractivity contribution in [2.75, 3.05) is 25.0 Å². The van der Waals surface area contributed by atoms with Crippen LogP contribution in [-0.2, 0) is 7.05 Å². The second kappa shape index (κ2) is 6.20. The molecule has 1 aliphatic rings. The van der Waals surface area contributed by atoms with Gasteiger partial charge in [0.1, 0.15) is 5.02 Å². The van der Waals surface area contributed by atoms with Crippen molar-refractivity contribution in [3.05, 3.63) is 21.6 Å². The topological polar surface area (TPSA) is 59.0 Å². The van der Waals surface area contributed by atoms with Crippen LogP contribution in [0.2, 0.25) is 5.02 Å². The Bertz CT molecular complexity index is 454. The fourth-order valence-electron chi connectivity index (χ4n) is 2.22. The summed E-state index contributed by atoms with van der Waals surface area (Å²) in [6.45, 7) is 3.04. The van der Waals surface area contributed by atoms with Crippen molar-refractivity contribution in [1.29, 1.82) is 0 Å². The molecule has 1 atom stereocenters. The highest BCUT2D eigenvalue weighted by molar-refractivity contribution is 6.32. The summed E-state index contributed by atoms with van der Waals surface area (Å²) in [6.07, 6.45) is 5.21. The molecule has 0 amide bonds. The molecule has 6 heteroatoms. The van der Waals surface area contributed by atoms with Crippen LogP contribution < -0.4 is 16.2 Å². The van der Waals surface area contributed by atoms with Gasteiger partial charge in [-0.3, -0.25) is 4.79 Å². The molecule has 0 aliphatic carbocycles. The monoisotopic (exact) mass is 270 g/mol. The van der Waals surface area contributed by atoms with Crippen LogP contribution in [0.15, 0.2) is 11.0 Å². The van der Waals surface area contributed by atoms with Crippen molar-refractivity contribution >= 4 is 17.3 Å². The van der Waals surface area contributed by atoms with Crippen molar-refractivity contribution in [1.82, 2.24) is 15.1 Å². The van der Waals surface area contributed by atoms with Gasteiger partial charge >= 0.3 is 0 Å². The third kappa shape index (κ3) is 3.23. The van der Waals surface area contributed by atoms with E-state index in [4.69, 9.17) is 11.6 Å². The van der Waals surface area contributed by atoms with Crippen LogP contribution in [-0.4, -0.2) is 29.4 Å². The Kier molecular flexibility index (Phi) is 4.60. The van der Waals surface area contributed by atoms with Crippen LogP contribution in [0.3, 0.4) is 0 Å². The summed E-state index contributed by atoms with van der Waals surface area (Å²) in [5.41, 5.74) is 0.365. The van der Waals surface area contributed by atoms with Crippen molar-refractivity contribution in [3.63, 3.8) is 0 Å². The maximum Gasteiger partial charge on any atom is 0.287 e. The van der Waals surface area contributed by atoms with E-state index in [9.17, 15) is 4.79 Å². The molecule has 1 aromatic heterocycles. The number of nitrogens with one attached hydrogen (secondary N) is 2. The lowest BCUT2D eigenvalue weighted by molar-refractivity contribution is 0.364. The van der Waals surface area contributed by atoms with Crippen LogP contribution in [0.4, 0.5) is 5.69 Å². The number of piperidine rings is 1. The molecule has 1 saturated heterocycles. The Hall–Kier alpha value is -1.07. The van der Waals surface area contributed by atoms with Gasteiger partial charge in [-0.15, -0.1) is 0 Å². The molecule has 0 spiro atoms.